The lowest BCUT2D eigenvalue weighted by atomic mass is 10.1. The zero-order valence-electron chi connectivity index (χ0n) is 11.4. The molecule has 1 aliphatic heterocycles. The molecule has 0 radical (unpaired) electrons. The van der Waals surface area contributed by atoms with Gasteiger partial charge in [-0.2, -0.15) is 0 Å². The maximum atomic E-state index is 11.9. The SMILES string of the molecule is COc1ccc(C)cc1COC(=O)N1CCNCC1. The fourth-order valence-electron chi connectivity index (χ4n) is 2.10. The van der Waals surface area contributed by atoms with E-state index in [1.807, 2.05) is 25.1 Å². The summed E-state index contributed by atoms with van der Waals surface area (Å²) in [6, 6.07) is 5.84. The number of amides is 1. The third kappa shape index (κ3) is 3.61. The van der Waals surface area contributed by atoms with Gasteiger partial charge in [-0.1, -0.05) is 11.6 Å². The van der Waals surface area contributed by atoms with Crippen LogP contribution in [0.4, 0.5) is 4.79 Å². The number of piperazine rings is 1. The van der Waals surface area contributed by atoms with E-state index in [1.54, 1.807) is 12.0 Å². The molecule has 1 aromatic rings. The summed E-state index contributed by atoms with van der Waals surface area (Å²) >= 11 is 0. The minimum absolute atomic E-state index is 0.244. The quantitative estimate of drug-likeness (QED) is 0.900. The molecule has 0 atom stereocenters. The molecule has 1 saturated heterocycles. The number of carbonyl (C=O) groups excluding carboxylic acids is 1. The smallest absolute Gasteiger partial charge is 0.410 e. The number of nitrogens with one attached hydrogen (secondary N) is 1. The van der Waals surface area contributed by atoms with Crippen molar-refractivity contribution in [2.45, 2.75) is 13.5 Å². The van der Waals surface area contributed by atoms with Crippen LogP contribution in [0.3, 0.4) is 0 Å². The molecule has 1 fully saturated rings. The first-order valence-electron chi connectivity index (χ1n) is 6.46. The third-order valence-corrected chi connectivity index (χ3v) is 3.16. The summed E-state index contributed by atoms with van der Waals surface area (Å²) in [4.78, 5) is 13.6. The van der Waals surface area contributed by atoms with E-state index in [2.05, 4.69) is 5.32 Å². The summed E-state index contributed by atoms with van der Waals surface area (Å²) in [7, 11) is 1.62. The number of hydrogen-bond donors (Lipinski definition) is 1. The van der Waals surface area contributed by atoms with Crippen LogP contribution in [-0.2, 0) is 11.3 Å². The maximum Gasteiger partial charge on any atom is 0.410 e. The van der Waals surface area contributed by atoms with Crippen molar-refractivity contribution in [2.24, 2.45) is 0 Å². The van der Waals surface area contributed by atoms with E-state index in [1.165, 1.54) is 0 Å². The standard InChI is InChI=1S/C14H20N2O3/c1-11-3-4-13(18-2)12(9-11)10-19-14(17)16-7-5-15-6-8-16/h3-4,9,15H,5-8,10H2,1-2H3. The Kier molecular flexibility index (Phi) is 4.63. The van der Waals surface area contributed by atoms with Gasteiger partial charge in [-0.15, -0.1) is 0 Å². The van der Waals surface area contributed by atoms with Crippen LogP contribution in [-0.4, -0.2) is 44.3 Å². The molecule has 104 valence electrons. The highest BCUT2D eigenvalue weighted by molar-refractivity contribution is 5.67. The van der Waals surface area contributed by atoms with Crippen LogP contribution in [0.5, 0.6) is 5.75 Å². The Bertz CT molecular complexity index is 442. The van der Waals surface area contributed by atoms with Gasteiger partial charge in [0.05, 0.1) is 7.11 Å². The molecule has 1 amide bonds. The first kappa shape index (κ1) is 13.7. The van der Waals surface area contributed by atoms with Crippen LogP contribution < -0.4 is 10.1 Å². The zero-order valence-corrected chi connectivity index (χ0v) is 11.4. The number of aryl methyl sites for hydroxylation is 1. The summed E-state index contributed by atoms with van der Waals surface area (Å²) in [6.07, 6.45) is -0.259. The average Bonchev–Trinajstić information content (AvgIpc) is 2.46. The van der Waals surface area contributed by atoms with Gasteiger partial charge in [0.25, 0.3) is 0 Å². The van der Waals surface area contributed by atoms with E-state index in [9.17, 15) is 4.79 Å². The lowest BCUT2D eigenvalue weighted by molar-refractivity contribution is 0.0912. The Labute approximate surface area is 113 Å². The van der Waals surface area contributed by atoms with E-state index in [4.69, 9.17) is 9.47 Å². The molecule has 0 aromatic heterocycles. The van der Waals surface area contributed by atoms with Crippen molar-refractivity contribution in [2.75, 3.05) is 33.3 Å². The van der Waals surface area contributed by atoms with Gasteiger partial charge in [-0.05, 0) is 19.1 Å². The van der Waals surface area contributed by atoms with Gasteiger partial charge in [0.1, 0.15) is 12.4 Å². The highest BCUT2D eigenvalue weighted by Crippen LogP contribution is 2.20. The summed E-state index contributed by atoms with van der Waals surface area (Å²) < 4.78 is 10.6. The van der Waals surface area contributed by atoms with Crippen LogP contribution >= 0.6 is 0 Å². The first-order chi connectivity index (χ1) is 9.20. The molecule has 0 spiro atoms. The van der Waals surface area contributed by atoms with Crippen LogP contribution in [0.1, 0.15) is 11.1 Å². The molecular formula is C14H20N2O3. The minimum atomic E-state index is -0.259. The van der Waals surface area contributed by atoms with Crippen molar-refractivity contribution < 1.29 is 14.3 Å². The maximum absolute atomic E-state index is 11.9. The second-order valence-electron chi connectivity index (χ2n) is 4.61. The highest BCUT2D eigenvalue weighted by Gasteiger charge is 2.17. The zero-order chi connectivity index (χ0) is 13.7. The predicted molar refractivity (Wildman–Crippen MR) is 72.4 cm³/mol. The lowest BCUT2D eigenvalue weighted by Gasteiger charge is -2.26. The summed E-state index contributed by atoms with van der Waals surface area (Å²) in [5.41, 5.74) is 2.01. The number of rotatable bonds is 3. The van der Waals surface area contributed by atoms with Crippen molar-refractivity contribution >= 4 is 6.09 Å². The Balaban J connectivity index is 1.94. The number of methoxy groups -OCH3 is 1. The molecule has 1 heterocycles. The van der Waals surface area contributed by atoms with E-state index in [0.29, 0.717) is 13.1 Å². The predicted octanol–water partition coefficient (Wildman–Crippen LogP) is 1.55. The van der Waals surface area contributed by atoms with Gasteiger partial charge in [0, 0.05) is 31.7 Å². The Morgan fingerprint density at radius 1 is 1.37 bits per heavy atom. The number of benzene rings is 1. The number of hydrogen-bond acceptors (Lipinski definition) is 4. The van der Waals surface area contributed by atoms with Crippen molar-refractivity contribution in [1.82, 2.24) is 10.2 Å². The third-order valence-electron chi connectivity index (χ3n) is 3.16. The van der Waals surface area contributed by atoms with E-state index in [0.717, 1.165) is 30.0 Å². The average molecular weight is 264 g/mol. The summed E-state index contributed by atoms with van der Waals surface area (Å²) in [5, 5.41) is 3.20. The van der Waals surface area contributed by atoms with Gasteiger partial charge in [-0.25, -0.2) is 4.79 Å². The molecule has 0 bridgehead atoms. The fraction of sp³-hybridized carbons (Fsp3) is 0.500. The summed E-state index contributed by atoms with van der Waals surface area (Å²) in [5.74, 6) is 0.749. The van der Waals surface area contributed by atoms with Crippen molar-refractivity contribution in [3.05, 3.63) is 29.3 Å². The molecule has 1 N–H and O–H groups in total. The van der Waals surface area contributed by atoms with Crippen LogP contribution in [0.15, 0.2) is 18.2 Å². The molecule has 1 aliphatic rings. The van der Waals surface area contributed by atoms with Gasteiger partial charge >= 0.3 is 6.09 Å². The number of carbonyl (C=O) groups is 1. The molecule has 0 saturated carbocycles. The van der Waals surface area contributed by atoms with E-state index in [-0.39, 0.29) is 12.7 Å². The van der Waals surface area contributed by atoms with Crippen LogP contribution in [0.2, 0.25) is 0 Å². The number of nitrogens with zero attached hydrogens (tertiary/aromatic N) is 1. The molecule has 2 rings (SSSR count). The Hall–Kier alpha value is -1.75. The monoisotopic (exact) mass is 264 g/mol. The summed E-state index contributed by atoms with van der Waals surface area (Å²) in [6.45, 7) is 5.29. The topological polar surface area (TPSA) is 50.8 Å². The van der Waals surface area contributed by atoms with Crippen molar-refractivity contribution in [3.8, 4) is 5.75 Å². The van der Waals surface area contributed by atoms with Gasteiger partial charge < -0.3 is 19.7 Å². The molecular weight excluding hydrogens is 244 g/mol. The lowest BCUT2D eigenvalue weighted by Crippen LogP contribution is -2.46. The largest absolute Gasteiger partial charge is 0.496 e. The Morgan fingerprint density at radius 2 is 2.11 bits per heavy atom. The molecule has 5 nitrogen and oxygen atoms in total. The normalized spacial score (nSPS) is 15.2. The number of ether oxygens (including phenoxy) is 2. The van der Waals surface area contributed by atoms with Crippen molar-refractivity contribution in [3.63, 3.8) is 0 Å². The van der Waals surface area contributed by atoms with Crippen LogP contribution in [0.25, 0.3) is 0 Å². The highest BCUT2D eigenvalue weighted by atomic mass is 16.6. The molecule has 1 aromatic carbocycles. The van der Waals surface area contributed by atoms with Crippen LogP contribution in [0, 0.1) is 6.92 Å². The molecule has 0 unspecified atom stereocenters. The van der Waals surface area contributed by atoms with E-state index >= 15 is 0 Å². The fourth-order valence-corrected chi connectivity index (χ4v) is 2.10. The minimum Gasteiger partial charge on any atom is -0.496 e. The first-order valence-corrected chi connectivity index (χ1v) is 6.46. The van der Waals surface area contributed by atoms with Gasteiger partial charge in [-0.3, -0.25) is 0 Å². The van der Waals surface area contributed by atoms with Crippen molar-refractivity contribution in [1.29, 1.82) is 0 Å². The van der Waals surface area contributed by atoms with E-state index < -0.39 is 0 Å². The van der Waals surface area contributed by atoms with Gasteiger partial charge in [0.2, 0.25) is 0 Å². The second kappa shape index (κ2) is 6.43. The molecule has 5 heteroatoms. The molecule has 0 aliphatic carbocycles. The Morgan fingerprint density at radius 3 is 2.79 bits per heavy atom. The van der Waals surface area contributed by atoms with Gasteiger partial charge in [0.15, 0.2) is 0 Å². The second-order valence-corrected chi connectivity index (χ2v) is 4.61. The molecule has 19 heavy (non-hydrogen) atoms.